The highest BCUT2D eigenvalue weighted by Gasteiger charge is 2.22. The molecule has 0 N–H and O–H groups in total. The number of aromatic nitrogens is 2. The second-order valence-electron chi connectivity index (χ2n) is 9.36. The lowest BCUT2D eigenvalue weighted by Gasteiger charge is -2.28. The molecule has 2 saturated heterocycles. The Morgan fingerprint density at radius 1 is 0.871 bits per heavy atom. The number of aryl methyl sites for hydroxylation is 2. The van der Waals surface area contributed by atoms with E-state index in [1.807, 2.05) is 26.0 Å². The number of hydrogen-bond acceptors (Lipinski definition) is 3. The van der Waals surface area contributed by atoms with E-state index in [0.29, 0.717) is 11.1 Å². The summed E-state index contributed by atoms with van der Waals surface area (Å²) in [6, 6.07) is 10.6. The normalized spacial score (nSPS) is 17.7. The standard InChI is InChI=1S/C26H33FN4/c1-19-15-21(16-20(2)24(19)27)17-31-23-10-8-9-22(18-29-11-6-7-12-29)25(23)28-26(31)30-13-4-3-5-14-30/h8-10,15-16H,3-7,11-14,17-18H2,1-2H3. The maximum atomic E-state index is 14.2. The summed E-state index contributed by atoms with van der Waals surface area (Å²) < 4.78 is 16.6. The van der Waals surface area contributed by atoms with Crippen LogP contribution in [0.5, 0.6) is 0 Å². The number of hydrogen-bond donors (Lipinski definition) is 0. The van der Waals surface area contributed by atoms with Crippen LogP contribution in [0.2, 0.25) is 0 Å². The molecule has 0 spiro atoms. The van der Waals surface area contributed by atoms with Crippen molar-refractivity contribution in [2.75, 3.05) is 31.1 Å². The molecule has 31 heavy (non-hydrogen) atoms. The van der Waals surface area contributed by atoms with Crippen LogP contribution in [0.1, 0.15) is 54.4 Å². The van der Waals surface area contributed by atoms with Crippen molar-refractivity contribution in [1.82, 2.24) is 14.5 Å². The molecule has 3 heterocycles. The van der Waals surface area contributed by atoms with E-state index in [9.17, 15) is 4.39 Å². The second kappa shape index (κ2) is 8.62. The largest absolute Gasteiger partial charge is 0.342 e. The van der Waals surface area contributed by atoms with Crippen LogP contribution in [-0.4, -0.2) is 40.6 Å². The van der Waals surface area contributed by atoms with E-state index in [4.69, 9.17) is 4.98 Å². The summed E-state index contributed by atoms with van der Waals surface area (Å²) in [6.07, 6.45) is 6.34. The lowest BCUT2D eigenvalue weighted by molar-refractivity contribution is 0.332. The van der Waals surface area contributed by atoms with Gasteiger partial charge in [0.2, 0.25) is 5.95 Å². The summed E-state index contributed by atoms with van der Waals surface area (Å²) in [7, 11) is 0. The Balaban J connectivity index is 1.58. The zero-order valence-electron chi connectivity index (χ0n) is 18.8. The van der Waals surface area contributed by atoms with E-state index in [1.54, 1.807) is 0 Å². The van der Waals surface area contributed by atoms with Gasteiger partial charge in [-0.15, -0.1) is 0 Å². The fourth-order valence-electron chi connectivity index (χ4n) is 5.30. The Morgan fingerprint density at radius 3 is 2.26 bits per heavy atom. The van der Waals surface area contributed by atoms with Gasteiger partial charge < -0.3 is 9.47 Å². The summed E-state index contributed by atoms with van der Waals surface area (Å²) in [4.78, 5) is 10.2. The van der Waals surface area contributed by atoms with Crippen molar-refractivity contribution in [3.05, 3.63) is 58.4 Å². The lowest BCUT2D eigenvalue weighted by atomic mass is 10.1. The van der Waals surface area contributed by atoms with Gasteiger partial charge >= 0.3 is 0 Å². The smallest absolute Gasteiger partial charge is 0.206 e. The summed E-state index contributed by atoms with van der Waals surface area (Å²) >= 11 is 0. The van der Waals surface area contributed by atoms with Gasteiger partial charge in [-0.2, -0.15) is 0 Å². The maximum Gasteiger partial charge on any atom is 0.206 e. The van der Waals surface area contributed by atoms with Crippen molar-refractivity contribution in [2.24, 2.45) is 0 Å². The predicted molar refractivity (Wildman–Crippen MR) is 125 cm³/mol. The molecule has 0 atom stereocenters. The summed E-state index contributed by atoms with van der Waals surface area (Å²) in [6.45, 7) is 9.90. The molecule has 1 aromatic heterocycles. The maximum absolute atomic E-state index is 14.2. The molecule has 0 unspecified atom stereocenters. The third-order valence-electron chi connectivity index (χ3n) is 6.91. The number of halogens is 1. The predicted octanol–water partition coefficient (Wildman–Crippen LogP) is 5.43. The Labute approximate surface area is 184 Å². The molecule has 0 aliphatic carbocycles. The number of piperidine rings is 1. The first kappa shape index (κ1) is 20.5. The molecule has 0 amide bonds. The topological polar surface area (TPSA) is 24.3 Å². The molecule has 164 valence electrons. The highest BCUT2D eigenvalue weighted by Crippen LogP contribution is 2.30. The third kappa shape index (κ3) is 4.08. The van der Waals surface area contributed by atoms with Crippen LogP contribution < -0.4 is 4.90 Å². The number of fused-ring (bicyclic) bond motifs is 1. The first-order chi connectivity index (χ1) is 15.1. The molecule has 5 heteroatoms. The number of anilines is 1. The number of para-hydroxylation sites is 1. The first-order valence-electron chi connectivity index (χ1n) is 11.8. The van der Waals surface area contributed by atoms with Crippen molar-refractivity contribution in [3.63, 3.8) is 0 Å². The van der Waals surface area contributed by atoms with Gasteiger partial charge in [0.15, 0.2) is 0 Å². The summed E-state index contributed by atoms with van der Waals surface area (Å²) in [5.41, 5.74) is 6.21. The third-order valence-corrected chi connectivity index (χ3v) is 6.91. The minimum absolute atomic E-state index is 0.0941. The van der Waals surface area contributed by atoms with Crippen molar-refractivity contribution < 1.29 is 4.39 Å². The minimum atomic E-state index is -0.0941. The van der Waals surface area contributed by atoms with Gasteiger partial charge in [0, 0.05) is 19.6 Å². The fourth-order valence-corrected chi connectivity index (χ4v) is 5.30. The van der Waals surface area contributed by atoms with Gasteiger partial charge in [0.25, 0.3) is 0 Å². The van der Waals surface area contributed by atoms with E-state index in [0.717, 1.165) is 43.2 Å². The number of imidazole rings is 1. The Bertz CT molecular complexity index is 1050. The van der Waals surface area contributed by atoms with Gasteiger partial charge in [-0.3, -0.25) is 4.90 Å². The quantitative estimate of drug-likeness (QED) is 0.550. The van der Waals surface area contributed by atoms with Gasteiger partial charge in [-0.1, -0.05) is 24.3 Å². The average molecular weight is 421 g/mol. The zero-order chi connectivity index (χ0) is 21.4. The van der Waals surface area contributed by atoms with E-state index >= 15 is 0 Å². The molecule has 0 saturated carbocycles. The second-order valence-corrected chi connectivity index (χ2v) is 9.36. The van der Waals surface area contributed by atoms with Gasteiger partial charge in [0.1, 0.15) is 5.82 Å². The molecular weight excluding hydrogens is 387 g/mol. The van der Waals surface area contributed by atoms with Crippen molar-refractivity contribution >= 4 is 17.0 Å². The fraction of sp³-hybridized carbons (Fsp3) is 0.500. The van der Waals surface area contributed by atoms with Crippen LogP contribution in [-0.2, 0) is 13.1 Å². The summed E-state index contributed by atoms with van der Waals surface area (Å²) in [5.74, 6) is 0.978. The van der Waals surface area contributed by atoms with Crippen molar-refractivity contribution in [1.29, 1.82) is 0 Å². The molecule has 2 aromatic carbocycles. The van der Waals surface area contributed by atoms with E-state index in [-0.39, 0.29) is 5.82 Å². The molecule has 2 aliphatic heterocycles. The molecule has 4 nitrogen and oxygen atoms in total. The number of rotatable bonds is 5. The van der Waals surface area contributed by atoms with E-state index < -0.39 is 0 Å². The molecule has 5 rings (SSSR count). The number of likely N-dealkylation sites (tertiary alicyclic amines) is 1. The van der Waals surface area contributed by atoms with Gasteiger partial charge in [0.05, 0.1) is 17.6 Å². The molecule has 3 aromatic rings. The monoisotopic (exact) mass is 420 g/mol. The first-order valence-corrected chi connectivity index (χ1v) is 11.8. The van der Waals surface area contributed by atoms with E-state index in [2.05, 4.69) is 32.6 Å². The van der Waals surface area contributed by atoms with Crippen LogP contribution in [0, 0.1) is 19.7 Å². The van der Waals surface area contributed by atoms with Crippen LogP contribution >= 0.6 is 0 Å². The van der Waals surface area contributed by atoms with Crippen LogP contribution in [0.4, 0.5) is 10.3 Å². The summed E-state index contributed by atoms with van der Waals surface area (Å²) in [5, 5.41) is 0. The molecule has 0 radical (unpaired) electrons. The Hall–Kier alpha value is -2.40. The van der Waals surface area contributed by atoms with Crippen LogP contribution in [0.25, 0.3) is 11.0 Å². The van der Waals surface area contributed by atoms with Gasteiger partial charge in [-0.25, -0.2) is 9.37 Å². The highest BCUT2D eigenvalue weighted by molar-refractivity contribution is 5.82. The SMILES string of the molecule is Cc1cc(Cn2c(N3CCCCC3)nc3c(CN4CCCC4)cccc32)cc(C)c1F. The van der Waals surface area contributed by atoms with Crippen LogP contribution in [0.15, 0.2) is 30.3 Å². The van der Waals surface area contributed by atoms with Gasteiger partial charge in [-0.05, 0) is 87.4 Å². The Kier molecular flexibility index (Phi) is 5.70. The lowest BCUT2D eigenvalue weighted by Crippen LogP contribution is -2.32. The molecule has 2 aliphatic rings. The number of benzene rings is 2. The van der Waals surface area contributed by atoms with E-state index in [1.165, 1.54) is 56.3 Å². The minimum Gasteiger partial charge on any atom is -0.342 e. The molecular formula is C26H33FN4. The van der Waals surface area contributed by atoms with Crippen molar-refractivity contribution in [2.45, 2.75) is 59.0 Å². The van der Waals surface area contributed by atoms with Crippen LogP contribution in [0.3, 0.4) is 0 Å². The highest BCUT2D eigenvalue weighted by atomic mass is 19.1. The molecule has 0 bridgehead atoms. The Morgan fingerprint density at radius 2 is 1.55 bits per heavy atom. The zero-order valence-corrected chi connectivity index (χ0v) is 18.8. The molecule has 2 fully saturated rings. The average Bonchev–Trinajstić information content (AvgIpc) is 3.41. The number of nitrogens with zero attached hydrogens (tertiary/aromatic N) is 4. The van der Waals surface area contributed by atoms with Crippen molar-refractivity contribution in [3.8, 4) is 0 Å².